The molecular formula is C21H22N4O3. The van der Waals surface area contributed by atoms with Crippen molar-refractivity contribution < 1.29 is 14.3 Å². The first kappa shape index (κ1) is 19.3. The lowest BCUT2D eigenvalue weighted by atomic mass is 10.0. The van der Waals surface area contributed by atoms with Gasteiger partial charge in [0.05, 0.1) is 29.1 Å². The molecule has 0 bridgehead atoms. The van der Waals surface area contributed by atoms with Crippen molar-refractivity contribution in [3.63, 3.8) is 0 Å². The molecule has 1 N–H and O–H groups in total. The molecule has 0 saturated carbocycles. The van der Waals surface area contributed by atoms with E-state index in [1.165, 1.54) is 6.08 Å². The molecule has 0 saturated heterocycles. The van der Waals surface area contributed by atoms with Crippen LogP contribution in [-0.2, 0) is 16.6 Å². The number of aromatic nitrogens is 3. The van der Waals surface area contributed by atoms with Gasteiger partial charge in [-0.15, -0.1) is 0 Å². The predicted octanol–water partition coefficient (Wildman–Crippen LogP) is 3.14. The number of ether oxygens (including phenoxy) is 1. The first-order valence-corrected chi connectivity index (χ1v) is 8.96. The molecule has 0 atom stereocenters. The van der Waals surface area contributed by atoms with Crippen LogP contribution in [0.1, 0.15) is 29.9 Å². The van der Waals surface area contributed by atoms with Crippen molar-refractivity contribution >= 4 is 22.8 Å². The van der Waals surface area contributed by atoms with Gasteiger partial charge in [0.25, 0.3) is 5.91 Å². The highest BCUT2D eigenvalue weighted by atomic mass is 16.5. The minimum Gasteiger partial charge on any atom is -0.463 e. The van der Waals surface area contributed by atoms with Crippen molar-refractivity contribution in [1.29, 1.82) is 0 Å². The number of nitrogens with zero attached hydrogens (tertiary/aromatic N) is 3. The first-order chi connectivity index (χ1) is 13.4. The Balaban J connectivity index is 2.03. The summed E-state index contributed by atoms with van der Waals surface area (Å²) < 4.78 is 6.59. The Bertz CT molecular complexity index is 1080. The van der Waals surface area contributed by atoms with Gasteiger partial charge in [-0.05, 0) is 32.9 Å². The minimum atomic E-state index is -0.494. The van der Waals surface area contributed by atoms with Gasteiger partial charge < -0.3 is 10.1 Å². The number of rotatable bonds is 5. The third kappa shape index (κ3) is 4.09. The molecule has 0 fully saturated rings. The van der Waals surface area contributed by atoms with E-state index in [0.29, 0.717) is 22.5 Å². The quantitative estimate of drug-likeness (QED) is 0.544. The highest BCUT2D eigenvalue weighted by Gasteiger charge is 2.16. The van der Waals surface area contributed by atoms with Crippen LogP contribution in [0.2, 0.25) is 0 Å². The Kier molecular flexibility index (Phi) is 5.54. The van der Waals surface area contributed by atoms with E-state index in [1.807, 2.05) is 44.4 Å². The normalized spacial score (nSPS) is 11.5. The molecule has 2 aromatic heterocycles. The van der Waals surface area contributed by atoms with E-state index in [1.54, 1.807) is 24.6 Å². The fourth-order valence-corrected chi connectivity index (χ4v) is 3.00. The number of nitrogens with one attached hydrogen (secondary N) is 1. The zero-order valence-electron chi connectivity index (χ0n) is 16.3. The van der Waals surface area contributed by atoms with Crippen LogP contribution in [0.25, 0.3) is 22.2 Å². The number of carbonyl (C=O) groups is 2. The molecule has 2 heterocycles. The van der Waals surface area contributed by atoms with Gasteiger partial charge in [-0.2, -0.15) is 5.10 Å². The molecule has 1 aromatic carbocycles. The van der Waals surface area contributed by atoms with Crippen molar-refractivity contribution in [3.05, 3.63) is 59.6 Å². The van der Waals surface area contributed by atoms with Gasteiger partial charge in [-0.25, -0.2) is 9.78 Å². The Morgan fingerprint density at radius 3 is 2.71 bits per heavy atom. The predicted molar refractivity (Wildman–Crippen MR) is 107 cm³/mol. The van der Waals surface area contributed by atoms with E-state index in [-0.39, 0.29) is 12.5 Å². The topological polar surface area (TPSA) is 86.1 Å². The summed E-state index contributed by atoms with van der Waals surface area (Å²) in [4.78, 5) is 29.2. The fraction of sp³-hybridized carbons (Fsp3) is 0.238. The molecule has 0 unspecified atom stereocenters. The van der Waals surface area contributed by atoms with Crippen molar-refractivity contribution in [2.75, 3.05) is 6.61 Å². The second-order valence-electron chi connectivity index (χ2n) is 6.41. The van der Waals surface area contributed by atoms with Crippen LogP contribution in [0.4, 0.5) is 0 Å². The van der Waals surface area contributed by atoms with Gasteiger partial charge in [-0.3, -0.25) is 9.48 Å². The SMILES string of the molecule is CCOC(=O)/C=C(\C)NC(=O)c1cc(-c2cn(C)nc2C)nc2ccccc12. The highest BCUT2D eigenvalue weighted by molar-refractivity contribution is 6.08. The smallest absolute Gasteiger partial charge is 0.332 e. The first-order valence-electron chi connectivity index (χ1n) is 8.96. The zero-order chi connectivity index (χ0) is 20.3. The van der Waals surface area contributed by atoms with E-state index in [2.05, 4.69) is 10.4 Å². The molecule has 0 aliphatic rings. The summed E-state index contributed by atoms with van der Waals surface area (Å²) in [6.07, 6.45) is 3.14. The van der Waals surface area contributed by atoms with Gasteiger partial charge in [-0.1, -0.05) is 18.2 Å². The maximum Gasteiger partial charge on any atom is 0.332 e. The van der Waals surface area contributed by atoms with E-state index in [9.17, 15) is 9.59 Å². The molecule has 0 aliphatic carbocycles. The Hall–Kier alpha value is -3.48. The van der Waals surface area contributed by atoms with Crippen molar-refractivity contribution in [1.82, 2.24) is 20.1 Å². The van der Waals surface area contributed by atoms with E-state index in [4.69, 9.17) is 9.72 Å². The van der Waals surface area contributed by atoms with Gasteiger partial charge >= 0.3 is 5.97 Å². The van der Waals surface area contributed by atoms with Crippen molar-refractivity contribution in [2.45, 2.75) is 20.8 Å². The average molecular weight is 378 g/mol. The molecule has 0 aliphatic heterocycles. The maximum absolute atomic E-state index is 12.9. The Morgan fingerprint density at radius 2 is 2.04 bits per heavy atom. The summed E-state index contributed by atoms with van der Waals surface area (Å²) in [7, 11) is 1.84. The third-order valence-corrected chi connectivity index (χ3v) is 4.18. The molecule has 7 nitrogen and oxygen atoms in total. The number of para-hydroxylation sites is 1. The van der Waals surface area contributed by atoms with Crippen LogP contribution in [0.15, 0.2) is 48.3 Å². The lowest BCUT2D eigenvalue weighted by Gasteiger charge is -2.10. The fourth-order valence-electron chi connectivity index (χ4n) is 3.00. The zero-order valence-corrected chi connectivity index (χ0v) is 16.3. The largest absolute Gasteiger partial charge is 0.463 e. The summed E-state index contributed by atoms with van der Waals surface area (Å²) in [6.45, 7) is 5.55. The molecule has 3 aromatic rings. The van der Waals surface area contributed by atoms with Gasteiger partial charge in [0, 0.05) is 36.0 Å². The van der Waals surface area contributed by atoms with Crippen LogP contribution in [0.5, 0.6) is 0 Å². The number of benzene rings is 1. The summed E-state index contributed by atoms with van der Waals surface area (Å²) in [5, 5.41) is 7.84. The Morgan fingerprint density at radius 1 is 1.29 bits per heavy atom. The molecule has 3 rings (SSSR count). The second kappa shape index (κ2) is 8.04. The number of hydrogen-bond acceptors (Lipinski definition) is 5. The number of fused-ring (bicyclic) bond motifs is 1. The standard InChI is InChI=1S/C21H22N4O3/c1-5-28-20(26)10-13(2)22-21(27)16-11-19(17-12-25(4)24-14(17)3)23-18-9-7-6-8-15(16)18/h6-12H,5H2,1-4H3,(H,22,27)/b13-10+. The van der Waals surface area contributed by atoms with E-state index >= 15 is 0 Å². The minimum absolute atomic E-state index is 0.277. The number of allylic oxidation sites excluding steroid dienone is 1. The van der Waals surface area contributed by atoms with Gasteiger partial charge in [0.15, 0.2) is 0 Å². The monoisotopic (exact) mass is 378 g/mol. The number of amides is 1. The number of carbonyl (C=O) groups excluding carboxylic acids is 2. The Labute approximate surface area is 163 Å². The van der Waals surface area contributed by atoms with E-state index in [0.717, 1.165) is 16.6 Å². The molecule has 1 amide bonds. The third-order valence-electron chi connectivity index (χ3n) is 4.18. The number of aryl methyl sites for hydroxylation is 2. The summed E-state index contributed by atoms with van der Waals surface area (Å²) in [6, 6.07) is 9.20. The molecule has 0 radical (unpaired) electrons. The summed E-state index contributed by atoms with van der Waals surface area (Å²) in [5.74, 6) is -0.814. The lowest BCUT2D eigenvalue weighted by molar-refractivity contribution is -0.137. The van der Waals surface area contributed by atoms with Crippen molar-refractivity contribution in [2.24, 2.45) is 7.05 Å². The summed E-state index contributed by atoms with van der Waals surface area (Å²) in [5.41, 5.74) is 3.95. The number of esters is 1. The molecular weight excluding hydrogens is 356 g/mol. The van der Waals surface area contributed by atoms with Crippen LogP contribution >= 0.6 is 0 Å². The molecule has 144 valence electrons. The molecule has 7 heteroatoms. The number of hydrogen-bond donors (Lipinski definition) is 1. The second-order valence-corrected chi connectivity index (χ2v) is 6.41. The van der Waals surface area contributed by atoms with Crippen molar-refractivity contribution in [3.8, 4) is 11.3 Å². The van der Waals surface area contributed by atoms with Gasteiger partial charge in [0.1, 0.15) is 0 Å². The van der Waals surface area contributed by atoms with Crippen LogP contribution in [0.3, 0.4) is 0 Å². The van der Waals surface area contributed by atoms with Crippen LogP contribution < -0.4 is 5.32 Å². The maximum atomic E-state index is 12.9. The lowest BCUT2D eigenvalue weighted by Crippen LogP contribution is -2.23. The molecule has 0 spiro atoms. The number of pyridine rings is 1. The average Bonchev–Trinajstić information content (AvgIpc) is 2.98. The van der Waals surface area contributed by atoms with Crippen LogP contribution in [-0.4, -0.2) is 33.2 Å². The van der Waals surface area contributed by atoms with Crippen LogP contribution in [0, 0.1) is 6.92 Å². The molecule has 28 heavy (non-hydrogen) atoms. The van der Waals surface area contributed by atoms with E-state index < -0.39 is 5.97 Å². The summed E-state index contributed by atoms with van der Waals surface area (Å²) >= 11 is 0. The van der Waals surface area contributed by atoms with Gasteiger partial charge in [0.2, 0.25) is 0 Å². The highest BCUT2D eigenvalue weighted by Crippen LogP contribution is 2.26.